The molecule has 0 fully saturated rings. The van der Waals surface area contributed by atoms with Crippen LogP contribution in [0, 0.1) is 0 Å². The smallest absolute Gasteiger partial charge is 0.100 e. The molecule has 0 amide bonds. The molecule has 6 aromatic rings. The van der Waals surface area contributed by atoms with Crippen LogP contribution in [-0.4, -0.2) is 12.5 Å². The lowest BCUT2D eigenvalue weighted by Gasteiger charge is -2.27. The largest absolute Gasteiger partial charge is 0.330 e. The number of hydrogen-bond donors (Lipinski definition) is 0. The molecule has 6 aromatic carbocycles. The molecule has 0 radical (unpaired) electrons. The number of para-hydroxylation sites is 4. The van der Waals surface area contributed by atoms with E-state index < -0.39 is 0 Å². The zero-order valence-corrected chi connectivity index (χ0v) is 23.9. The molecule has 2 aliphatic heterocycles. The summed E-state index contributed by atoms with van der Waals surface area (Å²) in [6.07, 6.45) is 0. The van der Waals surface area contributed by atoms with E-state index in [9.17, 15) is 0 Å². The number of hydrogen-bond acceptors (Lipinski definition) is 4. The molecule has 0 bridgehead atoms. The van der Waals surface area contributed by atoms with E-state index in [-0.39, 0.29) is 0 Å². The first-order valence-electron chi connectivity index (χ1n) is 14.3. The van der Waals surface area contributed by atoms with Gasteiger partial charge >= 0.3 is 0 Å². The molecule has 2 heterocycles. The molecule has 2 aliphatic rings. The predicted octanol–water partition coefficient (Wildman–Crippen LogP) is 10.5. The van der Waals surface area contributed by atoms with Crippen LogP contribution >= 0.6 is 11.8 Å². The molecule has 0 unspecified atom stereocenters. The van der Waals surface area contributed by atoms with Gasteiger partial charge in [0.25, 0.3) is 0 Å². The van der Waals surface area contributed by atoms with Crippen LogP contribution in [-0.2, 0) is 0 Å². The second-order valence-electron chi connectivity index (χ2n) is 10.6. The van der Waals surface area contributed by atoms with Crippen LogP contribution in [0.5, 0.6) is 0 Å². The third-order valence-electron chi connectivity index (χ3n) is 8.18. The second-order valence-corrected chi connectivity index (χ2v) is 11.6. The summed E-state index contributed by atoms with van der Waals surface area (Å²) in [5, 5.41) is 0. The molecule has 8 rings (SSSR count). The SMILES string of the molecule is c1ccc(-c2cccc(-c3ccccc3)c2N2CN(c3cccc(N4CSc5ccccc54)c3)c3ccccc32)cc1. The summed E-state index contributed by atoms with van der Waals surface area (Å²) in [5.74, 6) is 0.927. The topological polar surface area (TPSA) is 9.72 Å². The molecule has 0 aromatic heterocycles. The molecule has 0 atom stereocenters. The van der Waals surface area contributed by atoms with Crippen LogP contribution in [0.25, 0.3) is 22.3 Å². The Morgan fingerprint density at radius 3 is 1.62 bits per heavy atom. The van der Waals surface area contributed by atoms with Gasteiger partial charge in [0.05, 0.1) is 28.6 Å². The fraction of sp³-hybridized carbons (Fsp3) is 0.0526. The highest BCUT2D eigenvalue weighted by Crippen LogP contribution is 2.50. The summed E-state index contributed by atoms with van der Waals surface area (Å²) in [6, 6.07) is 54.7. The first kappa shape index (κ1) is 24.8. The van der Waals surface area contributed by atoms with E-state index in [0.717, 1.165) is 12.5 Å². The number of fused-ring (bicyclic) bond motifs is 2. The predicted molar refractivity (Wildman–Crippen MR) is 179 cm³/mol. The second kappa shape index (κ2) is 10.5. The van der Waals surface area contributed by atoms with Crippen molar-refractivity contribution >= 4 is 45.9 Å². The van der Waals surface area contributed by atoms with Gasteiger partial charge in [0, 0.05) is 27.4 Å². The molecule has 0 saturated heterocycles. The number of nitrogens with zero attached hydrogens (tertiary/aromatic N) is 3. The van der Waals surface area contributed by atoms with Gasteiger partial charge < -0.3 is 14.7 Å². The van der Waals surface area contributed by atoms with Crippen LogP contribution in [0.1, 0.15) is 0 Å². The fourth-order valence-corrected chi connectivity index (χ4v) is 7.27. The number of rotatable bonds is 5. The van der Waals surface area contributed by atoms with Gasteiger partial charge in [-0.3, -0.25) is 0 Å². The summed E-state index contributed by atoms with van der Waals surface area (Å²) in [6.45, 7) is 0.720. The highest BCUT2D eigenvalue weighted by atomic mass is 32.2. The Balaban J connectivity index is 1.26. The summed E-state index contributed by atoms with van der Waals surface area (Å²) in [4.78, 5) is 8.70. The third-order valence-corrected chi connectivity index (χ3v) is 9.22. The molecule has 3 nitrogen and oxygen atoms in total. The van der Waals surface area contributed by atoms with E-state index in [1.165, 1.54) is 61.3 Å². The Morgan fingerprint density at radius 1 is 0.429 bits per heavy atom. The van der Waals surface area contributed by atoms with E-state index in [1.807, 2.05) is 11.8 Å². The quantitative estimate of drug-likeness (QED) is 0.208. The Bertz CT molecular complexity index is 1830. The molecular formula is C38H29N3S. The van der Waals surface area contributed by atoms with Crippen molar-refractivity contribution in [1.29, 1.82) is 0 Å². The van der Waals surface area contributed by atoms with Crippen LogP contribution in [0.2, 0.25) is 0 Å². The lowest BCUT2D eigenvalue weighted by Crippen LogP contribution is -2.25. The van der Waals surface area contributed by atoms with Gasteiger partial charge in [-0.15, -0.1) is 11.8 Å². The van der Waals surface area contributed by atoms with E-state index in [0.29, 0.717) is 0 Å². The van der Waals surface area contributed by atoms with Gasteiger partial charge in [-0.05, 0) is 53.6 Å². The van der Waals surface area contributed by atoms with Crippen LogP contribution < -0.4 is 14.7 Å². The van der Waals surface area contributed by atoms with Gasteiger partial charge in [-0.1, -0.05) is 109 Å². The summed E-state index contributed by atoms with van der Waals surface area (Å²) < 4.78 is 0. The number of benzene rings is 6. The van der Waals surface area contributed by atoms with Crippen molar-refractivity contribution in [2.75, 3.05) is 27.2 Å². The summed E-state index contributed by atoms with van der Waals surface area (Å²) in [5.41, 5.74) is 12.2. The molecule has 202 valence electrons. The zero-order chi connectivity index (χ0) is 27.9. The maximum absolute atomic E-state index is 2.49. The molecule has 42 heavy (non-hydrogen) atoms. The van der Waals surface area contributed by atoms with Gasteiger partial charge in [0.15, 0.2) is 0 Å². The summed E-state index contributed by atoms with van der Waals surface area (Å²) >= 11 is 1.90. The van der Waals surface area contributed by atoms with Crippen LogP contribution in [0.15, 0.2) is 157 Å². The Kier molecular flexibility index (Phi) is 6.19. The van der Waals surface area contributed by atoms with Crippen molar-refractivity contribution < 1.29 is 0 Å². The first-order valence-corrected chi connectivity index (χ1v) is 15.3. The third kappa shape index (κ3) is 4.23. The van der Waals surface area contributed by atoms with Crippen molar-refractivity contribution in [2.24, 2.45) is 0 Å². The van der Waals surface area contributed by atoms with Gasteiger partial charge in [0.2, 0.25) is 0 Å². The van der Waals surface area contributed by atoms with E-state index in [4.69, 9.17) is 0 Å². The van der Waals surface area contributed by atoms with Gasteiger partial charge in [0.1, 0.15) is 6.67 Å². The minimum atomic E-state index is 0.720. The van der Waals surface area contributed by atoms with Crippen molar-refractivity contribution in [2.45, 2.75) is 4.90 Å². The summed E-state index contributed by atoms with van der Waals surface area (Å²) in [7, 11) is 0. The lowest BCUT2D eigenvalue weighted by atomic mass is 9.95. The van der Waals surface area contributed by atoms with Crippen molar-refractivity contribution in [3.05, 3.63) is 152 Å². The maximum atomic E-state index is 2.49. The molecule has 0 N–H and O–H groups in total. The standard InChI is InChI=1S/C38H29N3S/c1-3-13-28(14-4-1)32-19-12-20-33(29-15-5-2-6-16-29)38(32)40-26-39(34-21-7-8-22-35(34)40)30-17-11-18-31(25-30)41-27-42-37-24-10-9-23-36(37)41/h1-25H,26-27H2. The average molecular weight is 560 g/mol. The number of thioether (sulfide) groups is 1. The maximum Gasteiger partial charge on any atom is 0.100 e. The first-order chi connectivity index (χ1) is 20.8. The average Bonchev–Trinajstić information content (AvgIpc) is 3.68. The van der Waals surface area contributed by atoms with Crippen LogP contribution in [0.3, 0.4) is 0 Å². The highest BCUT2D eigenvalue weighted by molar-refractivity contribution is 7.99. The van der Waals surface area contributed by atoms with Crippen molar-refractivity contribution in [1.82, 2.24) is 0 Å². The molecule has 0 spiro atoms. The normalized spacial score (nSPS) is 13.8. The zero-order valence-electron chi connectivity index (χ0n) is 23.1. The van der Waals surface area contributed by atoms with Gasteiger partial charge in [-0.2, -0.15) is 0 Å². The van der Waals surface area contributed by atoms with Crippen molar-refractivity contribution in [3.63, 3.8) is 0 Å². The molecule has 0 aliphatic carbocycles. The minimum absolute atomic E-state index is 0.720. The lowest BCUT2D eigenvalue weighted by molar-refractivity contribution is 0.991. The highest BCUT2D eigenvalue weighted by Gasteiger charge is 2.31. The van der Waals surface area contributed by atoms with Crippen LogP contribution in [0.4, 0.5) is 34.1 Å². The fourth-order valence-electron chi connectivity index (χ4n) is 6.21. The molecule has 0 saturated carbocycles. The van der Waals surface area contributed by atoms with E-state index in [1.54, 1.807) is 0 Å². The molecular weight excluding hydrogens is 531 g/mol. The van der Waals surface area contributed by atoms with Gasteiger partial charge in [-0.25, -0.2) is 0 Å². The minimum Gasteiger partial charge on any atom is -0.330 e. The van der Waals surface area contributed by atoms with E-state index >= 15 is 0 Å². The van der Waals surface area contributed by atoms with E-state index in [2.05, 4.69) is 166 Å². The number of anilines is 6. The Hall–Kier alpha value is -4.93. The monoisotopic (exact) mass is 559 g/mol. The Morgan fingerprint density at radius 2 is 0.952 bits per heavy atom. The van der Waals surface area contributed by atoms with Crippen molar-refractivity contribution in [3.8, 4) is 22.3 Å². The molecule has 4 heteroatoms. The Labute approximate surface area is 251 Å².